The molecule has 0 saturated carbocycles. The average Bonchev–Trinajstić information content (AvgIpc) is 2.84. The zero-order valence-corrected chi connectivity index (χ0v) is 10.4. The van der Waals surface area contributed by atoms with Crippen LogP contribution in [0.25, 0.3) is 0 Å². The van der Waals surface area contributed by atoms with Crippen LogP contribution in [0.3, 0.4) is 0 Å². The molecule has 0 aromatic heterocycles. The van der Waals surface area contributed by atoms with Gasteiger partial charge in [0.1, 0.15) is 0 Å². The predicted octanol–water partition coefficient (Wildman–Crippen LogP) is -0.690. The van der Waals surface area contributed by atoms with E-state index in [9.17, 15) is 13.2 Å². The van der Waals surface area contributed by atoms with Crippen LogP contribution in [0.5, 0.6) is 0 Å². The summed E-state index contributed by atoms with van der Waals surface area (Å²) >= 11 is 0. The second-order valence-corrected chi connectivity index (χ2v) is 7.20. The van der Waals surface area contributed by atoms with Gasteiger partial charge in [-0.15, -0.1) is 0 Å². The molecule has 17 heavy (non-hydrogen) atoms. The van der Waals surface area contributed by atoms with E-state index in [1.165, 1.54) is 0 Å². The van der Waals surface area contributed by atoms with E-state index < -0.39 is 9.84 Å². The van der Waals surface area contributed by atoms with Gasteiger partial charge in [-0.2, -0.15) is 0 Å². The first-order valence-corrected chi connectivity index (χ1v) is 7.64. The fraction of sp³-hybridized carbons (Fsp3) is 0.900. The molecule has 0 N–H and O–H groups in total. The van der Waals surface area contributed by atoms with Crippen molar-refractivity contribution in [2.75, 3.05) is 38.6 Å². The minimum Gasteiger partial charge on any atom is -0.378 e. The Bertz CT molecular complexity index is 430. The summed E-state index contributed by atoms with van der Waals surface area (Å²) in [7, 11) is -2.92. The molecule has 3 heterocycles. The lowest BCUT2D eigenvalue weighted by Gasteiger charge is -2.34. The maximum Gasteiger partial charge on any atom is 0.320 e. The number of carbonyl (C=O) groups excluding carboxylic acids is 1. The van der Waals surface area contributed by atoms with Gasteiger partial charge in [0, 0.05) is 25.7 Å². The molecule has 6 nitrogen and oxygen atoms in total. The van der Waals surface area contributed by atoms with Crippen molar-refractivity contribution >= 4 is 15.9 Å². The van der Waals surface area contributed by atoms with Crippen molar-refractivity contribution in [3.63, 3.8) is 0 Å². The van der Waals surface area contributed by atoms with Crippen LogP contribution in [0.4, 0.5) is 4.79 Å². The van der Waals surface area contributed by atoms with Crippen LogP contribution in [0.15, 0.2) is 0 Å². The molecule has 3 saturated heterocycles. The van der Waals surface area contributed by atoms with E-state index in [1.54, 1.807) is 9.80 Å². The van der Waals surface area contributed by atoms with Gasteiger partial charge in [0.15, 0.2) is 9.84 Å². The van der Waals surface area contributed by atoms with Crippen molar-refractivity contribution in [2.24, 2.45) is 0 Å². The van der Waals surface area contributed by atoms with Gasteiger partial charge in [-0.3, -0.25) is 0 Å². The van der Waals surface area contributed by atoms with E-state index in [-0.39, 0.29) is 23.1 Å². The van der Waals surface area contributed by atoms with E-state index in [2.05, 4.69) is 0 Å². The number of rotatable bonds is 0. The molecule has 3 rings (SSSR count). The molecular formula is C10H16N2O4S. The number of sulfone groups is 1. The van der Waals surface area contributed by atoms with Crippen LogP contribution in [-0.2, 0) is 14.6 Å². The summed E-state index contributed by atoms with van der Waals surface area (Å²) in [4.78, 5) is 15.7. The third-order valence-corrected chi connectivity index (χ3v) is 6.04. The maximum atomic E-state index is 12.2. The Morgan fingerprint density at radius 2 is 1.94 bits per heavy atom. The maximum absolute atomic E-state index is 12.2. The molecule has 2 bridgehead atoms. The lowest BCUT2D eigenvalue weighted by Crippen LogP contribution is -2.52. The first kappa shape index (κ1) is 11.3. The number of hydrogen-bond acceptors (Lipinski definition) is 4. The molecule has 3 aliphatic heterocycles. The number of morpholine rings is 1. The molecule has 3 aliphatic rings. The van der Waals surface area contributed by atoms with Crippen molar-refractivity contribution in [1.82, 2.24) is 9.80 Å². The first-order chi connectivity index (χ1) is 8.08. The van der Waals surface area contributed by atoms with Gasteiger partial charge in [-0.25, -0.2) is 13.2 Å². The summed E-state index contributed by atoms with van der Waals surface area (Å²) in [6.07, 6.45) is 0.623. The highest BCUT2D eigenvalue weighted by Gasteiger charge is 2.50. The quantitative estimate of drug-likeness (QED) is 0.578. The van der Waals surface area contributed by atoms with Gasteiger partial charge in [0.25, 0.3) is 0 Å². The normalized spacial score (nSPS) is 35.3. The van der Waals surface area contributed by atoms with Crippen LogP contribution in [0.1, 0.15) is 6.42 Å². The second-order valence-electron chi connectivity index (χ2n) is 4.88. The summed E-state index contributed by atoms with van der Waals surface area (Å²) in [5, 5.41) is -0.322. The molecule has 0 aromatic carbocycles. The topological polar surface area (TPSA) is 66.9 Å². The molecule has 7 heteroatoms. The number of likely N-dealkylation sites (tertiary alicyclic amines) is 1. The zero-order chi connectivity index (χ0) is 12.0. The molecule has 2 atom stereocenters. The van der Waals surface area contributed by atoms with Gasteiger partial charge in [-0.05, 0) is 6.42 Å². The van der Waals surface area contributed by atoms with E-state index in [4.69, 9.17) is 4.74 Å². The summed E-state index contributed by atoms with van der Waals surface area (Å²) in [5.74, 6) is 0.147. The lowest BCUT2D eigenvalue weighted by molar-refractivity contribution is 0.0427. The Labute approximate surface area is 100 Å². The van der Waals surface area contributed by atoms with Crippen LogP contribution in [0.2, 0.25) is 0 Å². The number of nitrogens with zero attached hydrogens (tertiary/aromatic N) is 2. The monoisotopic (exact) mass is 260 g/mol. The highest BCUT2D eigenvalue weighted by atomic mass is 32.2. The SMILES string of the molecule is O=C(N1CCOCC1)N1CC2CC1CS2(=O)=O. The Morgan fingerprint density at radius 1 is 1.24 bits per heavy atom. The number of hydrogen-bond donors (Lipinski definition) is 0. The molecule has 0 aliphatic carbocycles. The highest BCUT2D eigenvalue weighted by molar-refractivity contribution is 7.92. The van der Waals surface area contributed by atoms with Gasteiger partial charge in [0.2, 0.25) is 0 Å². The Morgan fingerprint density at radius 3 is 2.47 bits per heavy atom. The summed E-state index contributed by atoms with van der Waals surface area (Å²) in [6.45, 7) is 2.75. The molecule has 0 aromatic rings. The minimum atomic E-state index is -2.92. The smallest absolute Gasteiger partial charge is 0.320 e. The van der Waals surface area contributed by atoms with E-state index in [1.807, 2.05) is 0 Å². The molecule has 0 spiro atoms. The minimum absolute atomic E-state index is 0.0179. The van der Waals surface area contributed by atoms with Crippen molar-refractivity contribution in [1.29, 1.82) is 0 Å². The molecule has 3 fully saturated rings. The fourth-order valence-electron chi connectivity index (χ4n) is 2.87. The second kappa shape index (κ2) is 3.84. The third kappa shape index (κ3) is 1.81. The van der Waals surface area contributed by atoms with Crippen LogP contribution < -0.4 is 0 Å². The van der Waals surface area contributed by atoms with Gasteiger partial charge >= 0.3 is 6.03 Å². The number of urea groups is 1. The largest absolute Gasteiger partial charge is 0.378 e. The van der Waals surface area contributed by atoms with E-state index >= 15 is 0 Å². The number of carbonyl (C=O) groups is 1. The van der Waals surface area contributed by atoms with Crippen LogP contribution in [-0.4, -0.2) is 74.1 Å². The highest BCUT2D eigenvalue weighted by Crippen LogP contribution is 2.33. The fourth-order valence-corrected chi connectivity index (χ4v) is 4.89. The van der Waals surface area contributed by atoms with Crippen molar-refractivity contribution in [2.45, 2.75) is 17.7 Å². The number of amides is 2. The van der Waals surface area contributed by atoms with E-state index in [0.717, 1.165) is 0 Å². The van der Waals surface area contributed by atoms with Crippen molar-refractivity contribution < 1.29 is 17.9 Å². The third-order valence-electron chi connectivity index (χ3n) is 3.84. The van der Waals surface area contributed by atoms with Gasteiger partial charge in [0.05, 0.1) is 24.2 Å². The van der Waals surface area contributed by atoms with Crippen LogP contribution >= 0.6 is 0 Å². The van der Waals surface area contributed by atoms with E-state index in [0.29, 0.717) is 39.3 Å². The Balaban J connectivity index is 1.69. The summed E-state index contributed by atoms with van der Waals surface area (Å²) in [5.41, 5.74) is 0. The molecule has 96 valence electrons. The average molecular weight is 260 g/mol. The molecule has 2 amide bonds. The zero-order valence-electron chi connectivity index (χ0n) is 9.54. The lowest BCUT2D eigenvalue weighted by atomic mass is 10.2. The van der Waals surface area contributed by atoms with Crippen molar-refractivity contribution in [3.8, 4) is 0 Å². The first-order valence-electron chi connectivity index (χ1n) is 5.93. The number of ether oxygens (including phenoxy) is 1. The molecular weight excluding hydrogens is 244 g/mol. The van der Waals surface area contributed by atoms with Crippen molar-refractivity contribution in [3.05, 3.63) is 0 Å². The Kier molecular flexibility index (Phi) is 2.55. The van der Waals surface area contributed by atoms with Crippen LogP contribution in [0, 0.1) is 0 Å². The molecule has 0 radical (unpaired) electrons. The number of fused-ring (bicyclic) bond motifs is 2. The standard InChI is InChI=1S/C10H16N2O4S/c13-10(11-1-3-16-4-2-11)12-6-9-5-8(12)7-17(9,14)15/h8-9H,1-7H2. The Hall–Kier alpha value is -0.820. The van der Waals surface area contributed by atoms with Gasteiger partial charge < -0.3 is 14.5 Å². The molecule has 2 unspecified atom stereocenters. The summed E-state index contributed by atoms with van der Waals surface area (Å²) < 4.78 is 28.4. The van der Waals surface area contributed by atoms with Gasteiger partial charge in [-0.1, -0.05) is 0 Å². The summed E-state index contributed by atoms with van der Waals surface area (Å²) in [6, 6.07) is -0.115. The predicted molar refractivity (Wildman–Crippen MR) is 60.5 cm³/mol.